The highest BCUT2D eigenvalue weighted by molar-refractivity contribution is 7.89. The van der Waals surface area contributed by atoms with Crippen LogP contribution in [-0.4, -0.2) is 85.7 Å². The van der Waals surface area contributed by atoms with Gasteiger partial charge in [-0.25, -0.2) is 13.1 Å². The Hall–Kier alpha value is -4.13. The predicted molar refractivity (Wildman–Crippen MR) is 185 cm³/mol. The van der Waals surface area contributed by atoms with Gasteiger partial charge in [0.2, 0.25) is 21.8 Å². The third kappa shape index (κ3) is 9.48. The van der Waals surface area contributed by atoms with E-state index in [1.807, 2.05) is 59.5 Å². The summed E-state index contributed by atoms with van der Waals surface area (Å²) < 4.78 is 30.0. The Morgan fingerprint density at radius 3 is 2.08 bits per heavy atom. The van der Waals surface area contributed by atoms with E-state index in [1.165, 1.54) is 0 Å². The maximum atomic E-state index is 13.7. The average Bonchev–Trinajstić information content (AvgIpc) is 3.64. The lowest BCUT2D eigenvalue weighted by atomic mass is 10.0. The normalized spacial score (nSPS) is 14.7. The number of carbonyl (C=O) groups excluding carboxylic acids is 2. The van der Waals surface area contributed by atoms with Gasteiger partial charge in [-0.15, -0.1) is 0 Å². The number of amides is 2. The highest BCUT2D eigenvalue weighted by Crippen LogP contribution is 2.24. The number of hydrogen-bond acceptors (Lipinski definition) is 7. The first-order valence-electron chi connectivity index (χ1n) is 16.4. The van der Waals surface area contributed by atoms with E-state index in [2.05, 4.69) is 10.0 Å². The molecule has 0 saturated carbocycles. The van der Waals surface area contributed by atoms with Crippen molar-refractivity contribution in [3.63, 3.8) is 0 Å². The fourth-order valence-corrected chi connectivity index (χ4v) is 7.39. The number of carbonyl (C=O) groups is 2. The van der Waals surface area contributed by atoms with Gasteiger partial charge >= 0.3 is 0 Å². The molecule has 0 spiro atoms. The van der Waals surface area contributed by atoms with Crippen molar-refractivity contribution in [2.45, 2.75) is 49.2 Å². The largest absolute Gasteiger partial charge is 0.395 e. The minimum atomic E-state index is -4.01. The zero-order valence-electron chi connectivity index (χ0n) is 27.0. The molecule has 0 radical (unpaired) electrons. The van der Waals surface area contributed by atoms with Crippen LogP contribution >= 0.6 is 0 Å². The highest BCUT2D eigenvalue weighted by atomic mass is 32.2. The number of nitrogens with zero attached hydrogens (tertiary/aromatic N) is 2. The summed E-state index contributed by atoms with van der Waals surface area (Å²) in [5.41, 5.74) is 2.49. The summed E-state index contributed by atoms with van der Waals surface area (Å²) >= 11 is 0. The van der Waals surface area contributed by atoms with Crippen molar-refractivity contribution < 1.29 is 28.2 Å². The van der Waals surface area contributed by atoms with Crippen molar-refractivity contribution in [1.82, 2.24) is 19.8 Å². The fourth-order valence-electron chi connectivity index (χ4n) is 6.13. The number of nitrogens with one attached hydrogen (secondary N) is 2. The number of fused-ring (bicyclic) bond motifs is 1. The molecule has 0 aliphatic carbocycles. The molecule has 254 valence electrons. The Labute approximate surface area is 282 Å². The second-order valence-corrected chi connectivity index (χ2v) is 13.9. The first kappa shape index (κ1) is 35.2. The van der Waals surface area contributed by atoms with Crippen molar-refractivity contribution >= 4 is 32.6 Å². The van der Waals surface area contributed by atoms with Crippen LogP contribution < -0.4 is 10.0 Å². The molecule has 1 saturated heterocycles. The number of hydrogen-bond donors (Lipinski definition) is 4. The molecular formula is C37H44N4O6S. The molecule has 0 bridgehead atoms. The van der Waals surface area contributed by atoms with Crippen LogP contribution in [0.3, 0.4) is 0 Å². The van der Waals surface area contributed by atoms with E-state index in [0.29, 0.717) is 38.3 Å². The first-order chi connectivity index (χ1) is 23.3. The molecule has 2 unspecified atom stereocenters. The molecule has 10 nitrogen and oxygen atoms in total. The van der Waals surface area contributed by atoms with Crippen LogP contribution in [-0.2, 0) is 32.6 Å². The van der Waals surface area contributed by atoms with Crippen LogP contribution in [0.1, 0.15) is 42.0 Å². The predicted octanol–water partition coefficient (Wildman–Crippen LogP) is 3.39. The van der Waals surface area contributed by atoms with Gasteiger partial charge in [0.15, 0.2) is 0 Å². The van der Waals surface area contributed by atoms with Crippen LogP contribution in [0.15, 0.2) is 102 Å². The number of aliphatic hydroxyl groups is 2. The first-order valence-corrected chi connectivity index (χ1v) is 17.9. The van der Waals surface area contributed by atoms with Crippen molar-refractivity contribution in [1.29, 1.82) is 0 Å². The highest BCUT2D eigenvalue weighted by Gasteiger charge is 2.30. The maximum Gasteiger partial charge on any atom is 0.245 e. The molecule has 4 N–H and O–H groups in total. The molecule has 4 aromatic carbocycles. The molecule has 1 aliphatic rings. The molecule has 1 heterocycles. The molecule has 2 amide bonds. The quantitative estimate of drug-likeness (QED) is 0.143. The summed E-state index contributed by atoms with van der Waals surface area (Å²) in [5.74, 6) is -0.599. The van der Waals surface area contributed by atoms with Crippen LogP contribution in [0.25, 0.3) is 10.8 Å². The summed E-state index contributed by atoms with van der Waals surface area (Å²) in [6, 6.07) is 27.4. The number of aliphatic hydroxyl groups excluding tert-OH is 2. The van der Waals surface area contributed by atoms with E-state index in [0.717, 1.165) is 34.7 Å². The van der Waals surface area contributed by atoms with E-state index >= 15 is 0 Å². The van der Waals surface area contributed by atoms with Crippen LogP contribution in [0.2, 0.25) is 0 Å². The molecule has 5 rings (SSSR count). The molecule has 2 atom stereocenters. The second kappa shape index (κ2) is 16.8. The summed E-state index contributed by atoms with van der Waals surface area (Å²) in [6.07, 6.45) is 1.89. The molecule has 1 aliphatic heterocycles. The second-order valence-electron chi connectivity index (χ2n) is 12.2. The summed E-state index contributed by atoms with van der Waals surface area (Å²) in [4.78, 5) is 31.2. The van der Waals surface area contributed by atoms with E-state index in [4.69, 9.17) is 0 Å². The third-order valence-corrected chi connectivity index (χ3v) is 10.1. The van der Waals surface area contributed by atoms with Gasteiger partial charge in [-0.1, -0.05) is 84.9 Å². The molecule has 4 aromatic rings. The zero-order chi connectivity index (χ0) is 33.9. The Morgan fingerprint density at radius 2 is 1.42 bits per heavy atom. The lowest BCUT2D eigenvalue weighted by Gasteiger charge is -2.26. The molecule has 1 fully saturated rings. The monoisotopic (exact) mass is 672 g/mol. The Kier molecular flexibility index (Phi) is 12.3. The minimum absolute atomic E-state index is 0.00586. The maximum absolute atomic E-state index is 13.7. The van der Waals surface area contributed by atoms with E-state index in [1.54, 1.807) is 47.4 Å². The number of rotatable bonds is 16. The van der Waals surface area contributed by atoms with E-state index in [9.17, 15) is 28.2 Å². The standard InChI is InChI=1S/C37H44N4O6S/c42-22-20-40(21-23-43)27-29-14-12-28(13-15-29)24-35(37(45)41-18-6-7-19-41)38-36(44)26-34(31-9-2-1-3-10-31)39-48(46,47)33-17-16-30-8-4-5-11-32(30)25-33/h1-5,8-17,25,34-35,39,42-43H,6-7,18-24,26-27H2,(H,38,44). The van der Waals surface area contributed by atoms with Gasteiger partial charge in [0, 0.05) is 45.6 Å². The summed E-state index contributed by atoms with van der Waals surface area (Å²) in [6.45, 7) is 2.71. The van der Waals surface area contributed by atoms with Gasteiger partial charge in [-0.2, -0.15) is 0 Å². The van der Waals surface area contributed by atoms with Gasteiger partial charge < -0.3 is 20.4 Å². The van der Waals surface area contributed by atoms with Crippen molar-refractivity contribution in [3.05, 3.63) is 114 Å². The lowest BCUT2D eigenvalue weighted by Crippen LogP contribution is -2.49. The van der Waals surface area contributed by atoms with Gasteiger partial charge in [0.05, 0.1) is 24.2 Å². The number of benzene rings is 4. The Bertz CT molecular complexity index is 1760. The molecule has 11 heteroatoms. The van der Waals surface area contributed by atoms with E-state index < -0.39 is 28.0 Å². The van der Waals surface area contributed by atoms with Gasteiger partial charge in [0.1, 0.15) is 6.04 Å². The van der Waals surface area contributed by atoms with Gasteiger partial charge in [-0.3, -0.25) is 14.5 Å². The van der Waals surface area contributed by atoms with Crippen LogP contribution in [0, 0.1) is 0 Å². The molecule has 0 aromatic heterocycles. The van der Waals surface area contributed by atoms with Crippen molar-refractivity contribution in [2.24, 2.45) is 0 Å². The SMILES string of the molecule is O=C(CC(NS(=O)(=O)c1ccc2ccccc2c1)c1ccccc1)NC(Cc1ccc(CN(CCO)CCO)cc1)C(=O)N1CCCC1. The van der Waals surface area contributed by atoms with Crippen molar-refractivity contribution in [3.8, 4) is 0 Å². The third-order valence-electron chi connectivity index (χ3n) is 8.67. The molecular weight excluding hydrogens is 628 g/mol. The van der Waals surface area contributed by atoms with Crippen molar-refractivity contribution in [2.75, 3.05) is 39.4 Å². The zero-order valence-corrected chi connectivity index (χ0v) is 27.8. The average molecular weight is 673 g/mol. The lowest BCUT2D eigenvalue weighted by molar-refractivity contribution is -0.135. The van der Waals surface area contributed by atoms with Gasteiger partial charge in [-0.05, 0) is 52.4 Å². The van der Waals surface area contributed by atoms with E-state index in [-0.39, 0.29) is 36.9 Å². The van der Waals surface area contributed by atoms with Crippen LogP contribution in [0.5, 0.6) is 0 Å². The Balaban J connectivity index is 1.32. The summed E-state index contributed by atoms with van der Waals surface area (Å²) in [7, 11) is -4.01. The minimum Gasteiger partial charge on any atom is -0.395 e. The topological polar surface area (TPSA) is 139 Å². The number of sulfonamides is 1. The smallest absolute Gasteiger partial charge is 0.245 e. The Morgan fingerprint density at radius 1 is 0.792 bits per heavy atom. The van der Waals surface area contributed by atoms with Gasteiger partial charge in [0.25, 0.3) is 0 Å². The number of likely N-dealkylation sites (tertiary alicyclic amines) is 1. The van der Waals surface area contributed by atoms with Crippen LogP contribution in [0.4, 0.5) is 0 Å². The fraction of sp³-hybridized carbons (Fsp3) is 0.351. The summed E-state index contributed by atoms with van der Waals surface area (Å²) in [5, 5.41) is 23.3. The molecule has 48 heavy (non-hydrogen) atoms.